The topological polar surface area (TPSA) is 169 Å². The van der Waals surface area contributed by atoms with Crippen LogP contribution in [0.15, 0.2) is 310 Å². The Morgan fingerprint density at radius 3 is 1.18 bits per heavy atom. The maximum absolute atomic E-state index is 8.01. The number of para-hydroxylation sites is 2. The minimum absolute atomic E-state index is 0. The molecule has 9 aromatic carbocycles. The molecule has 0 aliphatic carbocycles. The predicted octanol–water partition coefficient (Wildman–Crippen LogP) is 28.4. The van der Waals surface area contributed by atoms with Gasteiger partial charge in [0.1, 0.15) is 16.7 Å². The van der Waals surface area contributed by atoms with E-state index in [4.69, 9.17) is 42.3 Å². The Bertz CT molecular complexity index is 8130. The second-order valence-corrected chi connectivity index (χ2v) is 29.9. The molecule has 0 N–H and O–H groups in total. The smallest absolute Gasteiger partial charge is 0.486 e. The van der Waals surface area contributed by atoms with Gasteiger partial charge in [-0.2, -0.15) is 0 Å². The summed E-state index contributed by atoms with van der Waals surface area (Å²) in [6.07, 6.45) is 9.20. The SMILES string of the molecule is [2H]C([2H])([2H])c1c[c-]c(-c2ccc(C)cn2)cc1.[2H]C([2H])([2H])c1c[c-]c(-c2ccc(C)cn2)cc1.[2H]C([2H])([2H])c1ccc(-c2[c-]cc(C)c3c2oc2nc(C)ccc23)nc1.[2H]C([2H])([2H])c1ccc(-c2[c-]cc(C)c3c2oc2nc(C)ccc23)nc1.[2H]C([2H])([2H])c1cnc(-c2[c-]cccc2)cc1-c1ccc2c(c1)oc1nc(C)ccc12.[2H]C([2H])([2H])c1cnc(-c2[c-]cccc2)cc1-c1cccc2c1oc1ccccc12.[Ir+3].[Ir+3]. The molecule has 0 spiro atoms. The molecule has 13 heterocycles. The van der Waals surface area contributed by atoms with Gasteiger partial charge < -0.3 is 47.6 Å². The van der Waals surface area contributed by atoms with E-state index in [1.807, 2.05) is 237 Å². The van der Waals surface area contributed by atoms with Gasteiger partial charge in [-0.15, -0.1) is 178 Å². The van der Waals surface area contributed by atoms with Gasteiger partial charge in [0.05, 0.1) is 11.2 Å². The molecule has 0 radical (unpaired) electrons. The maximum atomic E-state index is 8.01. The summed E-state index contributed by atoms with van der Waals surface area (Å²) in [5.41, 5.74) is 25.0. The van der Waals surface area contributed by atoms with Crippen LogP contribution in [0.1, 0.15) is 97.4 Å². The number of nitrogens with zero attached hydrogens (tertiary/aromatic N) is 9. The number of fused-ring (bicyclic) bond motifs is 12. The molecule has 0 fully saturated rings. The van der Waals surface area contributed by atoms with E-state index < -0.39 is 41.1 Å². The zero-order valence-electron chi connectivity index (χ0n) is 87.5. The average Bonchev–Trinajstić information content (AvgIpc) is 1.60. The molecule has 15 heteroatoms. The van der Waals surface area contributed by atoms with Crippen LogP contribution in [-0.4, -0.2) is 44.9 Å². The van der Waals surface area contributed by atoms with Gasteiger partial charge in [-0.1, -0.05) is 153 Å². The second kappa shape index (κ2) is 38.9. The fourth-order valence-corrected chi connectivity index (χ4v) is 14.4. The molecule has 0 bridgehead atoms. The number of hydrogen-bond acceptors (Lipinski definition) is 13. The number of hydrogen-bond donors (Lipinski definition) is 0. The molecular weight excluding hydrogens is 1920 g/mol. The molecule has 22 rings (SSSR count). The Hall–Kier alpha value is -14.2. The van der Waals surface area contributed by atoms with Gasteiger partial charge in [-0.3, -0.25) is 0 Å². The zero-order valence-corrected chi connectivity index (χ0v) is 74.3. The number of pyridine rings is 9. The summed E-state index contributed by atoms with van der Waals surface area (Å²) < 4.78 is 160. The van der Waals surface area contributed by atoms with Crippen LogP contribution in [0.5, 0.6) is 0 Å². The second-order valence-electron chi connectivity index (χ2n) is 29.9. The fraction of sp³-hybridized carbons (Fsp3) is 0.116. The standard InChI is InChI=1S/C24H17N2O.C24H16NO.2C19H15N2O.2C13H12N.2Ir/c1-15-14-25-22(17-6-4-3-5-7-17)13-21(15)18-9-11-19-20-10-8-16(2)26-24(20)27-23(19)12-18;1-16-15-25-22(17-8-3-2-4-9-17)14-21(16)20-12-7-11-19-18-10-5-6-13-23(18)26-24(19)20;2*1-11-4-9-16(20-10-11)14-7-5-12(2)17-15-8-6-13(3)21-19(15)22-18(14)17;2*1-10-3-6-12(7-4-10)13-8-5-11(2)9-14-13;;/h3-6,8-14H,1-2H3;2-8,10-15H,1H3;2*4-6,8-10H,1-3H3;2*3-6,8-9H,1-2H3;;/q6*-1;2*+3/i6*1D3;;. The van der Waals surface area contributed by atoms with Crippen LogP contribution in [0.25, 0.3) is 178 Å². The first-order valence-corrected chi connectivity index (χ1v) is 40.0. The monoisotopic (exact) mass is 2030 g/mol. The van der Waals surface area contributed by atoms with E-state index in [-0.39, 0.29) is 62.5 Å². The minimum Gasteiger partial charge on any atom is -0.486 e. The molecule has 0 aliphatic rings. The third-order valence-electron chi connectivity index (χ3n) is 20.8. The van der Waals surface area contributed by atoms with E-state index in [9.17, 15) is 0 Å². The van der Waals surface area contributed by atoms with Crippen molar-refractivity contribution >= 4 is 88.1 Å². The molecule has 127 heavy (non-hydrogen) atoms. The summed E-state index contributed by atoms with van der Waals surface area (Å²) in [6, 6.07) is 96.2. The van der Waals surface area contributed by atoms with Gasteiger partial charge in [-0.25, -0.2) is 15.0 Å². The molecule has 13 nitrogen and oxygen atoms in total. The van der Waals surface area contributed by atoms with E-state index in [1.165, 1.54) is 36.9 Å². The van der Waals surface area contributed by atoms with Crippen LogP contribution < -0.4 is 0 Å². The Morgan fingerprint density at radius 1 is 0.268 bits per heavy atom. The number of furan rings is 4. The molecule has 0 aliphatic heterocycles. The van der Waals surface area contributed by atoms with Gasteiger partial charge >= 0.3 is 40.2 Å². The summed E-state index contributed by atoms with van der Waals surface area (Å²) in [5, 5.41) is 7.72. The minimum atomic E-state index is -2.30. The van der Waals surface area contributed by atoms with Crippen molar-refractivity contribution in [3.63, 3.8) is 0 Å². The third kappa shape index (κ3) is 19.5. The number of aromatic nitrogens is 9. The van der Waals surface area contributed by atoms with Gasteiger partial charge in [-0.05, 0) is 201 Å². The third-order valence-corrected chi connectivity index (χ3v) is 20.8. The molecule has 22 aromatic rings. The van der Waals surface area contributed by atoms with E-state index in [2.05, 4.69) is 81.3 Å². The van der Waals surface area contributed by atoms with Crippen molar-refractivity contribution in [3.05, 3.63) is 401 Å². The number of benzene rings is 9. The first kappa shape index (κ1) is 67.3. The summed E-state index contributed by atoms with van der Waals surface area (Å²) in [6.45, 7) is 0.631. The van der Waals surface area contributed by atoms with E-state index in [0.717, 1.165) is 133 Å². The summed E-state index contributed by atoms with van der Waals surface area (Å²) in [7, 11) is 0. The molecule has 0 saturated heterocycles. The molecule has 13 aromatic heterocycles. The number of aryl methyl sites for hydroxylation is 13. The van der Waals surface area contributed by atoms with Crippen molar-refractivity contribution in [1.82, 2.24) is 44.9 Å². The Morgan fingerprint density at radius 2 is 0.701 bits per heavy atom. The van der Waals surface area contributed by atoms with Crippen molar-refractivity contribution in [3.8, 4) is 89.8 Å². The largest absolute Gasteiger partial charge is 3.00 e. The van der Waals surface area contributed by atoms with E-state index in [0.29, 0.717) is 95.6 Å². The summed E-state index contributed by atoms with van der Waals surface area (Å²) in [5.74, 6) is 0. The van der Waals surface area contributed by atoms with Crippen molar-refractivity contribution in [2.45, 2.75) is 89.6 Å². The van der Waals surface area contributed by atoms with Gasteiger partial charge in [0, 0.05) is 117 Å². The van der Waals surface area contributed by atoms with Gasteiger partial charge in [0.25, 0.3) is 0 Å². The van der Waals surface area contributed by atoms with Crippen molar-refractivity contribution in [2.24, 2.45) is 0 Å². The van der Waals surface area contributed by atoms with Crippen molar-refractivity contribution in [2.75, 3.05) is 0 Å². The molecule has 622 valence electrons. The van der Waals surface area contributed by atoms with Crippen molar-refractivity contribution < 1.29 is 82.6 Å². The quantitative estimate of drug-likeness (QED) is 0.132. The molecule has 0 amide bonds. The molecule has 0 saturated carbocycles. The number of rotatable bonds is 8. The molecule has 0 unspecified atom stereocenters. The van der Waals surface area contributed by atoms with Gasteiger partial charge in [0.2, 0.25) is 17.1 Å². The first-order chi connectivity index (χ1) is 68.0. The normalized spacial score (nSPS) is 13.6. The van der Waals surface area contributed by atoms with Crippen LogP contribution in [-0.2, 0) is 40.2 Å². The first-order valence-electron chi connectivity index (χ1n) is 49.0. The molecular formula is C112H87Ir2N9O4. The Labute approximate surface area is 791 Å². The Kier molecular flexibility index (Phi) is 20.6. The van der Waals surface area contributed by atoms with E-state index in [1.54, 1.807) is 67.0 Å². The fourth-order valence-electron chi connectivity index (χ4n) is 14.4. The van der Waals surface area contributed by atoms with Crippen molar-refractivity contribution in [1.29, 1.82) is 0 Å². The summed E-state index contributed by atoms with van der Waals surface area (Å²) >= 11 is 0. The average molecular weight is 2030 g/mol. The maximum Gasteiger partial charge on any atom is 3.00 e. The molecule has 0 atom stereocenters. The van der Waals surface area contributed by atoms with E-state index >= 15 is 0 Å². The van der Waals surface area contributed by atoms with Gasteiger partial charge in [0.15, 0.2) is 0 Å². The predicted molar refractivity (Wildman–Crippen MR) is 506 cm³/mol. The zero-order chi connectivity index (χ0) is 101. The van der Waals surface area contributed by atoms with Crippen LogP contribution in [0.4, 0.5) is 0 Å². The van der Waals surface area contributed by atoms with Crippen LogP contribution >= 0.6 is 0 Å². The van der Waals surface area contributed by atoms with Crippen LogP contribution in [0.3, 0.4) is 0 Å². The summed E-state index contributed by atoms with van der Waals surface area (Å²) in [4.78, 5) is 39.3. The van der Waals surface area contributed by atoms with Crippen LogP contribution in [0.2, 0.25) is 0 Å². The van der Waals surface area contributed by atoms with Crippen LogP contribution in [0, 0.1) is 126 Å². The Balaban J connectivity index is 0.000000132.